The maximum atomic E-state index is 12.2. The van der Waals surface area contributed by atoms with Crippen LogP contribution in [0.2, 0.25) is 0 Å². The first-order chi connectivity index (χ1) is 12.9. The van der Waals surface area contributed by atoms with E-state index in [0.717, 1.165) is 11.1 Å². The molecular formula is C19H17N5O3. The van der Waals surface area contributed by atoms with E-state index in [2.05, 4.69) is 20.7 Å². The molecule has 0 unspecified atom stereocenters. The van der Waals surface area contributed by atoms with Crippen LogP contribution >= 0.6 is 0 Å². The van der Waals surface area contributed by atoms with Gasteiger partial charge in [-0.15, -0.1) is 0 Å². The van der Waals surface area contributed by atoms with E-state index in [-0.39, 0.29) is 11.4 Å². The van der Waals surface area contributed by atoms with Crippen LogP contribution in [0, 0.1) is 24.0 Å². The summed E-state index contributed by atoms with van der Waals surface area (Å²) in [5, 5.41) is 21.3. The molecule has 0 aliphatic heterocycles. The molecule has 0 saturated carbocycles. The summed E-state index contributed by atoms with van der Waals surface area (Å²) < 4.78 is 0. The fourth-order valence-corrected chi connectivity index (χ4v) is 2.39. The average Bonchev–Trinajstić information content (AvgIpc) is 3.14. The standard InChI is InChI=1S/C19H17N5O3/c1-12-3-6-15(9-13(12)2)17-10-18(22-21-17)19(25)23-20-11-14-4-7-16(8-5-14)24(26)27/h3-11H,1-2H3,(H,21,22)(H,23,25). The molecule has 1 aromatic heterocycles. The molecule has 8 heteroatoms. The fraction of sp³-hybridized carbons (Fsp3) is 0.105. The number of aryl methyl sites for hydroxylation is 2. The minimum atomic E-state index is -0.478. The second kappa shape index (κ2) is 7.61. The van der Waals surface area contributed by atoms with Gasteiger partial charge >= 0.3 is 0 Å². The van der Waals surface area contributed by atoms with Crippen molar-refractivity contribution in [1.29, 1.82) is 0 Å². The summed E-state index contributed by atoms with van der Waals surface area (Å²) in [6.07, 6.45) is 1.40. The van der Waals surface area contributed by atoms with Gasteiger partial charge < -0.3 is 0 Å². The number of nitro groups is 1. The van der Waals surface area contributed by atoms with Gasteiger partial charge in [0, 0.05) is 17.7 Å². The summed E-state index contributed by atoms with van der Waals surface area (Å²) in [6, 6.07) is 13.5. The van der Waals surface area contributed by atoms with Crippen LogP contribution in [0.15, 0.2) is 53.6 Å². The number of aromatic nitrogens is 2. The Bertz CT molecular complexity index is 1020. The van der Waals surface area contributed by atoms with Crippen molar-refractivity contribution in [2.24, 2.45) is 5.10 Å². The molecule has 0 fully saturated rings. The van der Waals surface area contributed by atoms with E-state index in [0.29, 0.717) is 11.3 Å². The molecule has 0 aliphatic rings. The third-order valence-corrected chi connectivity index (χ3v) is 4.11. The predicted molar refractivity (Wildman–Crippen MR) is 102 cm³/mol. The highest BCUT2D eigenvalue weighted by Gasteiger charge is 2.11. The van der Waals surface area contributed by atoms with Gasteiger partial charge in [-0.3, -0.25) is 20.0 Å². The van der Waals surface area contributed by atoms with Crippen LogP contribution < -0.4 is 5.43 Å². The highest BCUT2D eigenvalue weighted by atomic mass is 16.6. The monoisotopic (exact) mass is 363 g/mol. The Morgan fingerprint density at radius 3 is 2.56 bits per heavy atom. The van der Waals surface area contributed by atoms with Crippen LogP contribution in [0.4, 0.5) is 5.69 Å². The molecule has 1 amide bonds. The molecule has 3 rings (SSSR count). The van der Waals surface area contributed by atoms with Gasteiger partial charge in [-0.05, 0) is 54.8 Å². The van der Waals surface area contributed by atoms with Crippen molar-refractivity contribution in [1.82, 2.24) is 15.6 Å². The van der Waals surface area contributed by atoms with Gasteiger partial charge in [-0.2, -0.15) is 10.2 Å². The first kappa shape index (κ1) is 18.0. The molecule has 1 heterocycles. The largest absolute Gasteiger partial charge is 0.289 e. The molecule has 0 atom stereocenters. The van der Waals surface area contributed by atoms with Crippen molar-refractivity contribution in [2.45, 2.75) is 13.8 Å². The lowest BCUT2D eigenvalue weighted by molar-refractivity contribution is -0.384. The van der Waals surface area contributed by atoms with E-state index in [1.165, 1.54) is 23.9 Å². The lowest BCUT2D eigenvalue weighted by Crippen LogP contribution is -2.17. The number of rotatable bonds is 5. The molecule has 0 spiro atoms. The Balaban J connectivity index is 1.65. The number of aromatic amines is 1. The van der Waals surface area contributed by atoms with Crippen molar-refractivity contribution < 1.29 is 9.72 Å². The normalized spacial score (nSPS) is 10.9. The number of amides is 1. The smallest absolute Gasteiger partial charge is 0.272 e. The Morgan fingerprint density at radius 2 is 1.89 bits per heavy atom. The van der Waals surface area contributed by atoms with E-state index < -0.39 is 10.8 Å². The zero-order valence-corrected chi connectivity index (χ0v) is 14.8. The Hall–Kier alpha value is -3.81. The summed E-state index contributed by atoms with van der Waals surface area (Å²) in [5.74, 6) is -0.434. The van der Waals surface area contributed by atoms with Crippen LogP contribution in [-0.2, 0) is 0 Å². The molecule has 3 aromatic rings. The van der Waals surface area contributed by atoms with Crippen LogP contribution in [0.25, 0.3) is 11.3 Å². The molecule has 0 aliphatic carbocycles. The number of non-ortho nitro benzene ring substituents is 1. The molecule has 0 saturated heterocycles. The maximum absolute atomic E-state index is 12.2. The first-order valence-corrected chi connectivity index (χ1v) is 8.15. The number of nitrogens with one attached hydrogen (secondary N) is 2. The van der Waals surface area contributed by atoms with Crippen molar-refractivity contribution in [3.63, 3.8) is 0 Å². The van der Waals surface area contributed by atoms with Crippen molar-refractivity contribution in [3.8, 4) is 11.3 Å². The number of H-pyrrole nitrogens is 1. The molecule has 2 aromatic carbocycles. The van der Waals surface area contributed by atoms with Gasteiger partial charge in [0.2, 0.25) is 0 Å². The quantitative estimate of drug-likeness (QED) is 0.411. The summed E-state index contributed by atoms with van der Waals surface area (Å²) >= 11 is 0. The summed E-state index contributed by atoms with van der Waals surface area (Å²) in [7, 11) is 0. The van der Waals surface area contributed by atoms with Gasteiger partial charge in [0.1, 0.15) is 5.69 Å². The van der Waals surface area contributed by atoms with Crippen LogP contribution in [0.5, 0.6) is 0 Å². The van der Waals surface area contributed by atoms with Gasteiger partial charge in [-0.1, -0.05) is 12.1 Å². The van der Waals surface area contributed by atoms with Crippen LogP contribution in [0.1, 0.15) is 27.2 Å². The number of hydrazone groups is 1. The predicted octanol–water partition coefficient (Wildman–Crippen LogP) is 3.37. The van der Waals surface area contributed by atoms with Crippen LogP contribution in [-0.4, -0.2) is 27.2 Å². The maximum Gasteiger partial charge on any atom is 0.289 e. The van der Waals surface area contributed by atoms with Gasteiger partial charge in [0.25, 0.3) is 11.6 Å². The molecule has 27 heavy (non-hydrogen) atoms. The van der Waals surface area contributed by atoms with E-state index >= 15 is 0 Å². The highest BCUT2D eigenvalue weighted by Crippen LogP contribution is 2.20. The number of benzene rings is 2. The second-order valence-electron chi connectivity index (χ2n) is 6.01. The third kappa shape index (κ3) is 4.24. The third-order valence-electron chi connectivity index (χ3n) is 4.11. The van der Waals surface area contributed by atoms with E-state index in [1.54, 1.807) is 18.2 Å². The topological polar surface area (TPSA) is 113 Å². The van der Waals surface area contributed by atoms with Gasteiger partial charge in [0.05, 0.1) is 16.8 Å². The zero-order valence-electron chi connectivity index (χ0n) is 14.8. The lowest BCUT2D eigenvalue weighted by Gasteiger charge is -2.01. The first-order valence-electron chi connectivity index (χ1n) is 8.15. The molecule has 0 bridgehead atoms. The highest BCUT2D eigenvalue weighted by molar-refractivity contribution is 5.94. The number of carbonyl (C=O) groups excluding carboxylic acids is 1. The molecular weight excluding hydrogens is 346 g/mol. The number of carbonyl (C=O) groups is 1. The molecule has 136 valence electrons. The van der Waals surface area contributed by atoms with E-state index in [4.69, 9.17) is 0 Å². The zero-order chi connectivity index (χ0) is 19.4. The van der Waals surface area contributed by atoms with Gasteiger partial charge in [0.15, 0.2) is 0 Å². The molecule has 0 radical (unpaired) electrons. The number of nitro benzene ring substituents is 1. The summed E-state index contributed by atoms with van der Waals surface area (Å²) in [4.78, 5) is 22.3. The minimum Gasteiger partial charge on any atom is -0.272 e. The van der Waals surface area contributed by atoms with Crippen molar-refractivity contribution in [2.75, 3.05) is 0 Å². The Labute approximate surface area is 155 Å². The second-order valence-corrected chi connectivity index (χ2v) is 6.01. The number of hydrogen-bond acceptors (Lipinski definition) is 5. The number of hydrogen-bond donors (Lipinski definition) is 2. The van der Waals surface area contributed by atoms with Gasteiger partial charge in [-0.25, -0.2) is 5.43 Å². The van der Waals surface area contributed by atoms with Crippen molar-refractivity contribution >= 4 is 17.8 Å². The summed E-state index contributed by atoms with van der Waals surface area (Å²) in [5.41, 5.74) is 7.22. The Morgan fingerprint density at radius 1 is 1.15 bits per heavy atom. The van der Waals surface area contributed by atoms with E-state index in [9.17, 15) is 14.9 Å². The minimum absolute atomic E-state index is 0.00693. The average molecular weight is 363 g/mol. The van der Waals surface area contributed by atoms with Crippen molar-refractivity contribution in [3.05, 3.63) is 81.0 Å². The Kier molecular flexibility index (Phi) is 5.07. The lowest BCUT2D eigenvalue weighted by atomic mass is 10.0. The molecule has 2 N–H and O–H groups in total. The fourth-order valence-electron chi connectivity index (χ4n) is 2.39. The summed E-state index contributed by atoms with van der Waals surface area (Å²) in [6.45, 7) is 4.05. The number of nitrogens with zero attached hydrogens (tertiary/aromatic N) is 3. The van der Waals surface area contributed by atoms with E-state index in [1.807, 2.05) is 32.0 Å². The van der Waals surface area contributed by atoms with Crippen LogP contribution in [0.3, 0.4) is 0 Å². The SMILES string of the molecule is Cc1ccc(-c2cc(C(=O)NN=Cc3ccc([N+](=O)[O-])cc3)[nH]n2)cc1C. The molecule has 8 nitrogen and oxygen atoms in total.